The largest absolute Gasteiger partial charge is 0.444 e. The average molecular weight is 437 g/mol. The Bertz CT molecular complexity index is 793. The summed E-state index contributed by atoms with van der Waals surface area (Å²) in [6.45, 7) is 6.06. The maximum absolute atomic E-state index is 12.9. The Kier molecular flexibility index (Phi) is 7.06. The number of halogens is 2. The first-order valence-corrected chi connectivity index (χ1v) is 11.1. The molecule has 0 bridgehead atoms. The normalized spacial score (nSPS) is 19.0. The van der Waals surface area contributed by atoms with Gasteiger partial charge in [-0.25, -0.2) is 13.2 Å². The number of sulfonamides is 1. The standard InChI is InChI=1S/C18H26Cl2N2O4S/c1-18(2,3)26-17(23)21(4)15-6-5-9-22(11-15)27(24,25)12-13-7-8-14(19)10-16(13)20/h7-8,10,15H,5-6,9,11-12H2,1-4H3/t15-/m0/s1. The number of hydrogen-bond acceptors (Lipinski definition) is 4. The number of piperidine rings is 1. The number of rotatable bonds is 4. The van der Waals surface area contributed by atoms with E-state index in [2.05, 4.69) is 0 Å². The fraction of sp³-hybridized carbons (Fsp3) is 0.611. The Morgan fingerprint density at radius 3 is 2.59 bits per heavy atom. The molecule has 1 heterocycles. The first kappa shape index (κ1) is 22.3. The molecule has 1 saturated heterocycles. The van der Waals surface area contributed by atoms with E-state index in [0.29, 0.717) is 28.6 Å². The molecule has 0 saturated carbocycles. The third-order valence-electron chi connectivity index (χ3n) is 4.33. The zero-order valence-electron chi connectivity index (χ0n) is 16.0. The third kappa shape index (κ3) is 6.24. The highest BCUT2D eigenvalue weighted by Gasteiger charge is 2.34. The second kappa shape index (κ2) is 8.55. The summed E-state index contributed by atoms with van der Waals surface area (Å²) in [6.07, 6.45) is 0.946. The third-order valence-corrected chi connectivity index (χ3v) is 6.72. The van der Waals surface area contributed by atoms with Crippen LogP contribution in [-0.2, 0) is 20.5 Å². The summed E-state index contributed by atoms with van der Waals surface area (Å²) < 4.78 is 32.5. The molecule has 1 aliphatic heterocycles. The maximum Gasteiger partial charge on any atom is 0.410 e. The number of carbonyl (C=O) groups is 1. The van der Waals surface area contributed by atoms with Gasteiger partial charge in [0.2, 0.25) is 10.0 Å². The molecular weight excluding hydrogens is 411 g/mol. The van der Waals surface area contributed by atoms with Crippen LogP contribution in [0.3, 0.4) is 0 Å². The van der Waals surface area contributed by atoms with E-state index in [0.717, 1.165) is 6.42 Å². The lowest BCUT2D eigenvalue weighted by Crippen LogP contribution is -2.51. The van der Waals surface area contributed by atoms with Crippen LogP contribution < -0.4 is 0 Å². The molecule has 152 valence electrons. The second-order valence-corrected chi connectivity index (χ2v) is 10.5. The van der Waals surface area contributed by atoms with Gasteiger partial charge in [0.25, 0.3) is 0 Å². The van der Waals surface area contributed by atoms with Gasteiger partial charge in [-0.1, -0.05) is 29.3 Å². The summed E-state index contributed by atoms with van der Waals surface area (Å²) in [7, 11) is -1.93. The highest BCUT2D eigenvalue weighted by Crippen LogP contribution is 2.26. The maximum atomic E-state index is 12.9. The summed E-state index contributed by atoms with van der Waals surface area (Å²) in [4.78, 5) is 13.8. The number of amides is 1. The average Bonchev–Trinajstić information content (AvgIpc) is 2.55. The van der Waals surface area contributed by atoms with Crippen LogP contribution in [0.1, 0.15) is 39.2 Å². The Morgan fingerprint density at radius 2 is 2.00 bits per heavy atom. The molecule has 27 heavy (non-hydrogen) atoms. The molecule has 0 N–H and O–H groups in total. The molecule has 1 aromatic rings. The van der Waals surface area contributed by atoms with Crippen LogP contribution in [0, 0.1) is 0 Å². The molecule has 2 rings (SSSR count). The van der Waals surface area contributed by atoms with Gasteiger partial charge in [-0.15, -0.1) is 0 Å². The van der Waals surface area contributed by atoms with Gasteiger partial charge in [0.1, 0.15) is 5.60 Å². The van der Waals surface area contributed by atoms with Crippen molar-refractivity contribution in [2.24, 2.45) is 0 Å². The fourth-order valence-electron chi connectivity index (χ4n) is 2.90. The van der Waals surface area contributed by atoms with Crippen molar-refractivity contribution in [3.63, 3.8) is 0 Å². The minimum absolute atomic E-state index is 0.203. The molecule has 1 fully saturated rings. The zero-order valence-corrected chi connectivity index (χ0v) is 18.4. The molecule has 1 atom stereocenters. The molecule has 0 radical (unpaired) electrons. The van der Waals surface area contributed by atoms with E-state index < -0.39 is 21.7 Å². The van der Waals surface area contributed by atoms with Crippen molar-refractivity contribution in [3.8, 4) is 0 Å². The van der Waals surface area contributed by atoms with Crippen LogP contribution in [-0.4, -0.2) is 55.5 Å². The lowest BCUT2D eigenvalue weighted by Gasteiger charge is -2.37. The summed E-state index contributed by atoms with van der Waals surface area (Å²) in [5.74, 6) is -0.203. The lowest BCUT2D eigenvalue weighted by molar-refractivity contribution is 0.0173. The van der Waals surface area contributed by atoms with E-state index in [1.807, 2.05) is 0 Å². The number of nitrogens with zero attached hydrogens (tertiary/aromatic N) is 2. The molecular formula is C18H26Cl2N2O4S. The SMILES string of the molecule is CN(C(=O)OC(C)(C)C)[C@H]1CCCN(S(=O)(=O)Cc2ccc(Cl)cc2Cl)C1. The topological polar surface area (TPSA) is 66.9 Å². The number of ether oxygens (including phenoxy) is 1. The molecule has 1 amide bonds. The monoisotopic (exact) mass is 436 g/mol. The first-order valence-electron chi connectivity index (χ1n) is 8.76. The Balaban J connectivity index is 2.08. The van der Waals surface area contributed by atoms with E-state index in [1.165, 1.54) is 15.3 Å². The zero-order chi connectivity index (χ0) is 20.4. The summed E-state index contributed by atoms with van der Waals surface area (Å²) in [5, 5.41) is 0.781. The smallest absolute Gasteiger partial charge is 0.410 e. The van der Waals surface area contributed by atoms with Gasteiger partial charge in [-0.2, -0.15) is 4.31 Å². The quantitative estimate of drug-likeness (QED) is 0.710. The Hall–Kier alpha value is -1.02. The molecule has 0 aliphatic carbocycles. The minimum Gasteiger partial charge on any atom is -0.444 e. The summed E-state index contributed by atoms with van der Waals surface area (Å²) in [6, 6.07) is 4.54. The Morgan fingerprint density at radius 1 is 1.33 bits per heavy atom. The van der Waals surface area contributed by atoms with Crippen LogP contribution in [0.15, 0.2) is 18.2 Å². The van der Waals surface area contributed by atoms with Crippen LogP contribution in [0.2, 0.25) is 10.0 Å². The van der Waals surface area contributed by atoms with Crippen LogP contribution in [0.25, 0.3) is 0 Å². The van der Waals surface area contributed by atoms with Gasteiger partial charge in [0, 0.05) is 36.2 Å². The highest BCUT2D eigenvalue weighted by atomic mass is 35.5. The lowest BCUT2D eigenvalue weighted by atomic mass is 10.1. The minimum atomic E-state index is -3.57. The van der Waals surface area contributed by atoms with E-state index in [9.17, 15) is 13.2 Å². The number of benzene rings is 1. The molecule has 0 aromatic heterocycles. The number of likely N-dealkylation sites (N-methyl/N-ethyl adjacent to an activating group) is 1. The van der Waals surface area contributed by atoms with Crippen LogP contribution in [0.5, 0.6) is 0 Å². The molecule has 0 spiro atoms. The molecule has 1 aromatic carbocycles. The number of carbonyl (C=O) groups excluding carboxylic acids is 1. The molecule has 0 unspecified atom stereocenters. The fourth-order valence-corrected chi connectivity index (χ4v) is 5.09. The van der Waals surface area contributed by atoms with Gasteiger partial charge in [-0.3, -0.25) is 0 Å². The van der Waals surface area contributed by atoms with Crippen molar-refractivity contribution in [2.45, 2.75) is 51.0 Å². The summed E-state index contributed by atoms with van der Waals surface area (Å²) in [5.41, 5.74) is -0.0967. The van der Waals surface area contributed by atoms with Crippen molar-refractivity contribution < 1.29 is 17.9 Å². The van der Waals surface area contributed by atoms with Gasteiger partial charge >= 0.3 is 6.09 Å². The molecule has 1 aliphatic rings. The Labute approximate surface area is 171 Å². The highest BCUT2D eigenvalue weighted by molar-refractivity contribution is 7.88. The summed E-state index contributed by atoms with van der Waals surface area (Å²) >= 11 is 12.0. The van der Waals surface area contributed by atoms with E-state index in [-0.39, 0.29) is 18.3 Å². The molecule has 9 heteroatoms. The van der Waals surface area contributed by atoms with Crippen LogP contribution in [0.4, 0.5) is 4.79 Å². The van der Waals surface area contributed by atoms with Crippen LogP contribution >= 0.6 is 23.2 Å². The molecule has 6 nitrogen and oxygen atoms in total. The van der Waals surface area contributed by atoms with E-state index in [4.69, 9.17) is 27.9 Å². The van der Waals surface area contributed by atoms with Gasteiger partial charge in [0.05, 0.1) is 5.75 Å². The predicted molar refractivity (Wildman–Crippen MR) is 108 cm³/mol. The van der Waals surface area contributed by atoms with E-state index >= 15 is 0 Å². The van der Waals surface area contributed by atoms with E-state index in [1.54, 1.807) is 40.0 Å². The van der Waals surface area contributed by atoms with Crippen molar-refractivity contribution in [1.82, 2.24) is 9.21 Å². The van der Waals surface area contributed by atoms with Crippen molar-refractivity contribution in [2.75, 3.05) is 20.1 Å². The number of hydrogen-bond donors (Lipinski definition) is 0. The first-order chi connectivity index (χ1) is 12.4. The van der Waals surface area contributed by atoms with Gasteiger partial charge in [-0.05, 0) is 51.3 Å². The second-order valence-electron chi connectivity index (χ2n) is 7.74. The van der Waals surface area contributed by atoms with Crippen molar-refractivity contribution in [3.05, 3.63) is 33.8 Å². The predicted octanol–water partition coefficient (Wildman–Crippen LogP) is 4.15. The van der Waals surface area contributed by atoms with Crippen molar-refractivity contribution in [1.29, 1.82) is 0 Å². The van der Waals surface area contributed by atoms with Gasteiger partial charge < -0.3 is 9.64 Å². The van der Waals surface area contributed by atoms with Crippen molar-refractivity contribution >= 4 is 39.3 Å². The van der Waals surface area contributed by atoms with Gasteiger partial charge in [0.15, 0.2) is 0 Å².